The van der Waals surface area contributed by atoms with Crippen molar-refractivity contribution in [3.8, 4) is 5.75 Å². The molecule has 5 heteroatoms. The van der Waals surface area contributed by atoms with Crippen LogP contribution in [0.3, 0.4) is 0 Å². The van der Waals surface area contributed by atoms with Crippen LogP contribution in [0.15, 0.2) is 46.9 Å². The van der Waals surface area contributed by atoms with Gasteiger partial charge < -0.3 is 4.74 Å². The summed E-state index contributed by atoms with van der Waals surface area (Å²) in [6, 6.07) is 11.1. The maximum atomic E-state index is 11.7. The van der Waals surface area contributed by atoms with Gasteiger partial charge in [-0.05, 0) is 30.5 Å². The van der Waals surface area contributed by atoms with Gasteiger partial charge in [-0.3, -0.25) is 4.79 Å². The molecule has 2 aromatic rings. The molecule has 1 N–H and O–H groups in total. The van der Waals surface area contributed by atoms with Crippen molar-refractivity contribution >= 4 is 23.5 Å². The first-order chi connectivity index (χ1) is 9.31. The van der Waals surface area contributed by atoms with Crippen LogP contribution in [0.4, 0.5) is 0 Å². The molecule has 0 aliphatic rings. The summed E-state index contributed by atoms with van der Waals surface area (Å²) in [5, 5.41) is 5.79. The number of nitrogens with one attached hydrogen (secondary N) is 1. The summed E-state index contributed by atoms with van der Waals surface area (Å²) < 4.78 is 5.46. The number of carbonyl (C=O) groups is 1. The van der Waals surface area contributed by atoms with Gasteiger partial charge in [-0.2, -0.15) is 5.10 Å². The molecule has 4 nitrogen and oxygen atoms in total. The van der Waals surface area contributed by atoms with Crippen LogP contribution >= 0.6 is 11.3 Å². The Labute approximate surface area is 115 Å². The number of ether oxygens (including phenoxy) is 1. The predicted molar refractivity (Wildman–Crippen MR) is 77.0 cm³/mol. The quantitative estimate of drug-likeness (QED) is 0.673. The van der Waals surface area contributed by atoms with Crippen molar-refractivity contribution < 1.29 is 9.53 Å². The van der Waals surface area contributed by atoms with Crippen molar-refractivity contribution in [1.29, 1.82) is 0 Å². The van der Waals surface area contributed by atoms with Crippen molar-refractivity contribution in [2.45, 2.75) is 6.92 Å². The van der Waals surface area contributed by atoms with Crippen LogP contribution in [0.25, 0.3) is 0 Å². The largest absolute Gasteiger partial charge is 0.493 e. The highest BCUT2D eigenvalue weighted by Crippen LogP contribution is 2.15. The Morgan fingerprint density at radius 1 is 1.37 bits per heavy atom. The molecular weight excluding hydrogens is 260 g/mol. The third-order valence-electron chi connectivity index (χ3n) is 2.33. The van der Waals surface area contributed by atoms with Gasteiger partial charge in [-0.25, -0.2) is 5.43 Å². The second kappa shape index (κ2) is 6.70. The number of rotatable bonds is 5. The van der Waals surface area contributed by atoms with E-state index in [2.05, 4.69) is 10.5 Å². The lowest BCUT2D eigenvalue weighted by Gasteiger charge is -2.05. The summed E-state index contributed by atoms with van der Waals surface area (Å²) in [4.78, 5) is 12.3. The Morgan fingerprint density at radius 2 is 2.21 bits per heavy atom. The molecule has 0 fully saturated rings. The molecule has 1 aromatic heterocycles. The number of thiophene rings is 1. The van der Waals surface area contributed by atoms with Crippen molar-refractivity contribution in [3.63, 3.8) is 0 Å². The average Bonchev–Trinajstić information content (AvgIpc) is 2.95. The zero-order chi connectivity index (χ0) is 13.5. The summed E-state index contributed by atoms with van der Waals surface area (Å²) in [7, 11) is 0. The van der Waals surface area contributed by atoms with Gasteiger partial charge in [0.1, 0.15) is 5.75 Å². The number of amides is 1. The fourth-order valence-electron chi connectivity index (χ4n) is 1.50. The Balaban J connectivity index is 2.01. The first-order valence-corrected chi connectivity index (χ1v) is 6.78. The van der Waals surface area contributed by atoms with E-state index in [1.165, 1.54) is 11.3 Å². The number of carbonyl (C=O) groups excluding carboxylic acids is 1. The molecule has 0 aliphatic heterocycles. The third-order valence-corrected chi connectivity index (χ3v) is 3.20. The molecular formula is C14H14N2O2S. The molecule has 0 saturated heterocycles. The summed E-state index contributed by atoms with van der Waals surface area (Å²) >= 11 is 1.38. The Morgan fingerprint density at radius 3 is 2.95 bits per heavy atom. The standard InChI is InChI=1S/C14H14N2O2S/c1-2-18-12-7-4-3-6-11(12)10-15-16-14(17)13-8-5-9-19-13/h3-10H,2H2,1H3,(H,16,17)/b15-10+. The molecule has 2 rings (SSSR count). The number of nitrogens with zero attached hydrogens (tertiary/aromatic N) is 1. The topological polar surface area (TPSA) is 50.7 Å². The fraction of sp³-hybridized carbons (Fsp3) is 0.143. The fourth-order valence-corrected chi connectivity index (χ4v) is 2.11. The van der Waals surface area contributed by atoms with E-state index in [-0.39, 0.29) is 5.91 Å². The van der Waals surface area contributed by atoms with Gasteiger partial charge in [0, 0.05) is 5.56 Å². The summed E-state index contributed by atoms with van der Waals surface area (Å²) in [6.45, 7) is 2.51. The average molecular weight is 274 g/mol. The summed E-state index contributed by atoms with van der Waals surface area (Å²) in [5.41, 5.74) is 3.32. The van der Waals surface area contributed by atoms with Gasteiger partial charge in [0.2, 0.25) is 0 Å². The van der Waals surface area contributed by atoms with Crippen LogP contribution in [-0.4, -0.2) is 18.7 Å². The highest BCUT2D eigenvalue weighted by atomic mass is 32.1. The first kappa shape index (κ1) is 13.3. The van der Waals surface area contributed by atoms with Gasteiger partial charge in [-0.15, -0.1) is 11.3 Å². The molecule has 19 heavy (non-hydrogen) atoms. The molecule has 0 radical (unpaired) electrons. The predicted octanol–water partition coefficient (Wildman–Crippen LogP) is 2.91. The third kappa shape index (κ3) is 3.66. The second-order valence-electron chi connectivity index (χ2n) is 3.65. The lowest BCUT2D eigenvalue weighted by molar-refractivity contribution is 0.0959. The van der Waals surface area contributed by atoms with Crippen LogP contribution in [0.5, 0.6) is 5.75 Å². The molecule has 0 atom stereocenters. The number of hydrogen-bond acceptors (Lipinski definition) is 4. The Bertz CT molecular complexity index is 565. The van der Waals surface area contributed by atoms with Crippen molar-refractivity contribution in [2.75, 3.05) is 6.61 Å². The van der Waals surface area contributed by atoms with Gasteiger partial charge in [0.15, 0.2) is 0 Å². The van der Waals surface area contributed by atoms with Gasteiger partial charge in [0.25, 0.3) is 5.91 Å². The van der Waals surface area contributed by atoms with Crippen molar-refractivity contribution in [2.24, 2.45) is 5.10 Å². The highest BCUT2D eigenvalue weighted by molar-refractivity contribution is 7.12. The van der Waals surface area contributed by atoms with E-state index in [9.17, 15) is 4.79 Å². The van der Waals surface area contributed by atoms with E-state index in [4.69, 9.17) is 4.74 Å². The lowest BCUT2D eigenvalue weighted by atomic mass is 10.2. The molecule has 1 heterocycles. The van der Waals surface area contributed by atoms with E-state index in [1.54, 1.807) is 12.3 Å². The van der Waals surface area contributed by atoms with Gasteiger partial charge >= 0.3 is 0 Å². The summed E-state index contributed by atoms with van der Waals surface area (Å²) in [5.74, 6) is 0.541. The van der Waals surface area contributed by atoms with Crippen LogP contribution in [-0.2, 0) is 0 Å². The molecule has 1 amide bonds. The van der Waals surface area contributed by atoms with E-state index < -0.39 is 0 Å². The lowest BCUT2D eigenvalue weighted by Crippen LogP contribution is -2.16. The maximum absolute atomic E-state index is 11.7. The molecule has 0 spiro atoms. The molecule has 98 valence electrons. The van der Waals surface area contributed by atoms with Gasteiger partial charge in [0.05, 0.1) is 17.7 Å². The van der Waals surface area contributed by atoms with E-state index in [0.717, 1.165) is 11.3 Å². The van der Waals surface area contributed by atoms with E-state index in [0.29, 0.717) is 11.5 Å². The van der Waals surface area contributed by atoms with E-state index in [1.807, 2.05) is 42.6 Å². The smallest absolute Gasteiger partial charge is 0.281 e. The number of para-hydroxylation sites is 1. The molecule has 1 aromatic carbocycles. The SMILES string of the molecule is CCOc1ccccc1/C=N/NC(=O)c1cccs1. The monoisotopic (exact) mass is 274 g/mol. The minimum Gasteiger partial charge on any atom is -0.493 e. The maximum Gasteiger partial charge on any atom is 0.281 e. The first-order valence-electron chi connectivity index (χ1n) is 5.90. The van der Waals surface area contributed by atoms with Crippen LogP contribution in [0, 0.1) is 0 Å². The Hall–Kier alpha value is -2.14. The van der Waals surface area contributed by atoms with Crippen molar-refractivity contribution in [1.82, 2.24) is 5.43 Å². The van der Waals surface area contributed by atoms with Crippen LogP contribution in [0.2, 0.25) is 0 Å². The minimum atomic E-state index is -0.208. The highest BCUT2D eigenvalue weighted by Gasteiger charge is 2.04. The van der Waals surface area contributed by atoms with Gasteiger partial charge in [-0.1, -0.05) is 18.2 Å². The molecule has 0 saturated carbocycles. The zero-order valence-electron chi connectivity index (χ0n) is 10.5. The van der Waals surface area contributed by atoms with Crippen LogP contribution in [0.1, 0.15) is 22.2 Å². The summed E-state index contributed by atoms with van der Waals surface area (Å²) in [6.07, 6.45) is 1.58. The number of hydrazone groups is 1. The normalized spacial score (nSPS) is 10.6. The van der Waals surface area contributed by atoms with Crippen LogP contribution < -0.4 is 10.2 Å². The molecule has 0 aliphatic carbocycles. The van der Waals surface area contributed by atoms with E-state index >= 15 is 0 Å². The molecule has 0 bridgehead atoms. The zero-order valence-corrected chi connectivity index (χ0v) is 11.3. The molecule has 0 unspecified atom stereocenters. The Kier molecular flexibility index (Phi) is 4.69. The number of benzene rings is 1. The minimum absolute atomic E-state index is 0.208. The number of hydrogen-bond donors (Lipinski definition) is 1. The second-order valence-corrected chi connectivity index (χ2v) is 4.59. The van der Waals surface area contributed by atoms with Crippen molar-refractivity contribution in [3.05, 3.63) is 52.2 Å².